The van der Waals surface area contributed by atoms with Crippen molar-refractivity contribution in [2.75, 3.05) is 63.7 Å². The van der Waals surface area contributed by atoms with Crippen molar-refractivity contribution in [1.29, 1.82) is 0 Å². The normalized spacial score (nSPS) is 14.0. The summed E-state index contributed by atoms with van der Waals surface area (Å²) in [6.07, 6.45) is -1.04. The third-order valence-electron chi connectivity index (χ3n) is 8.70. The number of benzene rings is 2. The van der Waals surface area contributed by atoms with E-state index in [2.05, 4.69) is 46.6 Å². The van der Waals surface area contributed by atoms with Gasteiger partial charge in [0.15, 0.2) is 5.82 Å². The number of piperazine rings is 1. The van der Waals surface area contributed by atoms with Gasteiger partial charge in [0.1, 0.15) is 12.4 Å². The minimum Gasteiger partial charge on any atom is -0.490 e. The Morgan fingerprint density at radius 1 is 1.02 bits per heavy atom. The van der Waals surface area contributed by atoms with Crippen LogP contribution in [0.25, 0.3) is 11.4 Å². The molecule has 1 atom stereocenters. The van der Waals surface area contributed by atoms with Gasteiger partial charge in [-0.2, -0.15) is 13.2 Å². The number of carbonyl (C=O) groups excluding carboxylic acids is 1. The zero-order valence-electron chi connectivity index (χ0n) is 28.8. The van der Waals surface area contributed by atoms with Crippen LogP contribution in [-0.2, 0) is 23.7 Å². The van der Waals surface area contributed by atoms with Crippen molar-refractivity contribution in [1.82, 2.24) is 24.8 Å². The predicted octanol–water partition coefficient (Wildman–Crippen LogP) is 4.15. The smallest absolute Gasteiger partial charge is 0.416 e. The Balaban J connectivity index is 1.30. The summed E-state index contributed by atoms with van der Waals surface area (Å²) in [6, 6.07) is 13.2. The van der Waals surface area contributed by atoms with Crippen molar-refractivity contribution in [2.45, 2.75) is 32.9 Å². The molecule has 2 aromatic heterocycles. The maximum atomic E-state index is 14.2. The number of aliphatic hydroxyl groups is 1. The Hall–Kier alpha value is -4.14. The van der Waals surface area contributed by atoms with Crippen LogP contribution >= 0.6 is 9.24 Å². The summed E-state index contributed by atoms with van der Waals surface area (Å²) in [7, 11) is 4.01. The number of alkyl halides is 3. The number of pyridine rings is 1. The molecule has 1 saturated heterocycles. The summed E-state index contributed by atoms with van der Waals surface area (Å²) in [4.78, 5) is 30.9. The van der Waals surface area contributed by atoms with Crippen molar-refractivity contribution < 1.29 is 32.5 Å². The molecule has 16 heteroatoms. The number of aromatic nitrogens is 3. The van der Waals surface area contributed by atoms with Crippen LogP contribution in [0.3, 0.4) is 0 Å². The lowest BCUT2D eigenvalue weighted by Crippen LogP contribution is -2.45. The Morgan fingerprint density at radius 3 is 2.37 bits per heavy atom. The van der Waals surface area contributed by atoms with E-state index in [1.54, 1.807) is 26.3 Å². The van der Waals surface area contributed by atoms with Crippen molar-refractivity contribution in [2.24, 2.45) is 0 Å². The maximum absolute atomic E-state index is 14.2. The molecule has 1 aliphatic rings. The first-order chi connectivity index (χ1) is 24.5. The van der Waals surface area contributed by atoms with E-state index in [0.29, 0.717) is 53.1 Å². The van der Waals surface area contributed by atoms with Gasteiger partial charge in [0, 0.05) is 51.6 Å². The number of anilines is 2. The van der Waals surface area contributed by atoms with Gasteiger partial charge in [-0.05, 0) is 48.9 Å². The lowest BCUT2D eigenvalue weighted by atomic mass is 9.59. The van der Waals surface area contributed by atoms with Crippen molar-refractivity contribution >= 4 is 44.5 Å². The number of rotatable bonds is 13. The quantitative estimate of drug-likeness (QED) is 0.138. The molecule has 0 spiro atoms. The summed E-state index contributed by atoms with van der Waals surface area (Å²) < 4.78 is 54.2. The molecule has 11 nitrogen and oxygen atoms in total. The molecule has 0 saturated carbocycles. The van der Waals surface area contributed by atoms with Crippen LogP contribution < -0.4 is 26.3 Å². The standard InChI is InChI=1S/C35H42BF3N7O4P/c1-4-45-10-12-46(13-11-45)22-26-17-31(51)28(18-27(26)35(37,38)39)43-34(48)44-29-21-41-33(42-23(29)2)25-16-30(50-15-14-47)32(40-20-25)36(49-3)19-24-8-6-5-7-9-24/h5-9,16-18,20-21,47H,4,10-15,19,22,51H2,1-3H3,(H2,43,44,48). The van der Waals surface area contributed by atoms with Crippen molar-refractivity contribution in [3.8, 4) is 17.1 Å². The van der Waals surface area contributed by atoms with Gasteiger partial charge in [-0.25, -0.2) is 14.8 Å². The van der Waals surface area contributed by atoms with E-state index in [-0.39, 0.29) is 36.7 Å². The molecule has 2 aromatic carbocycles. The molecule has 1 aliphatic heterocycles. The molecular weight excluding hydrogens is 681 g/mol. The van der Waals surface area contributed by atoms with Crippen molar-refractivity contribution in [3.63, 3.8) is 0 Å². The number of aryl methyl sites for hydroxylation is 1. The second-order valence-electron chi connectivity index (χ2n) is 12.2. The first-order valence-electron chi connectivity index (χ1n) is 16.7. The van der Waals surface area contributed by atoms with Gasteiger partial charge >= 0.3 is 19.1 Å². The molecule has 5 rings (SSSR count). The fourth-order valence-corrected chi connectivity index (χ4v) is 6.24. The van der Waals surface area contributed by atoms with Crippen LogP contribution in [0.2, 0.25) is 0 Å². The third-order valence-corrected chi connectivity index (χ3v) is 9.18. The number of carbonyl (C=O) groups is 1. The molecule has 0 aliphatic carbocycles. The van der Waals surface area contributed by atoms with Gasteiger partial charge in [-0.15, -0.1) is 9.24 Å². The number of urea groups is 1. The van der Waals surface area contributed by atoms with Gasteiger partial charge < -0.3 is 30.0 Å². The van der Waals surface area contributed by atoms with Crippen LogP contribution in [0.15, 0.2) is 60.9 Å². The minimum atomic E-state index is -4.60. The van der Waals surface area contributed by atoms with Gasteiger partial charge in [0.2, 0.25) is 0 Å². The fraction of sp³-hybridized carbons (Fsp3) is 0.371. The highest BCUT2D eigenvalue weighted by Crippen LogP contribution is 2.35. The predicted molar refractivity (Wildman–Crippen MR) is 196 cm³/mol. The molecule has 2 amide bonds. The minimum absolute atomic E-state index is 0.0165. The lowest BCUT2D eigenvalue weighted by molar-refractivity contribution is -0.138. The highest BCUT2D eigenvalue weighted by atomic mass is 31.0. The first kappa shape index (κ1) is 38.1. The molecule has 3 N–H and O–H groups in total. The molecule has 1 unspecified atom stereocenters. The Labute approximate surface area is 298 Å². The highest BCUT2D eigenvalue weighted by molar-refractivity contribution is 7.28. The van der Waals surface area contributed by atoms with Gasteiger partial charge in [0.25, 0.3) is 0 Å². The second-order valence-corrected chi connectivity index (χ2v) is 12.8. The van der Waals surface area contributed by atoms with Crippen LogP contribution in [0.4, 0.5) is 29.3 Å². The highest BCUT2D eigenvalue weighted by Gasteiger charge is 2.35. The third kappa shape index (κ3) is 10.0. The summed E-state index contributed by atoms with van der Waals surface area (Å²) in [5.41, 5.74) is 2.20. The summed E-state index contributed by atoms with van der Waals surface area (Å²) in [6.45, 7) is 7.22. The SMILES string of the molecule is CCN1CCN(Cc2cc(P)c(NC(=O)Nc3cnc(-c4cnc(B(Cc5ccccc5)OC)c(OCCO)c4)nc3C)cc2C(F)(F)F)CC1. The van der Waals surface area contributed by atoms with E-state index in [0.717, 1.165) is 31.3 Å². The van der Waals surface area contributed by atoms with Crippen molar-refractivity contribution in [3.05, 3.63) is 83.3 Å². The van der Waals surface area contributed by atoms with Gasteiger partial charge in [-0.1, -0.05) is 42.8 Å². The summed E-state index contributed by atoms with van der Waals surface area (Å²) >= 11 is 0. The molecule has 270 valence electrons. The van der Waals surface area contributed by atoms with Crippen LogP contribution in [-0.4, -0.2) is 95.9 Å². The number of halogens is 3. The van der Waals surface area contributed by atoms with Crippen LogP contribution in [0.5, 0.6) is 5.75 Å². The number of likely N-dealkylation sites (N-methyl/N-ethyl adjacent to an activating group) is 1. The fourth-order valence-electron chi connectivity index (χ4n) is 5.89. The average molecular weight is 724 g/mol. The second kappa shape index (κ2) is 17.4. The largest absolute Gasteiger partial charge is 0.490 e. The molecular formula is C35H42BF3N7O4P. The van der Waals surface area contributed by atoms with E-state index in [1.807, 2.05) is 35.2 Å². The molecule has 0 bridgehead atoms. The number of nitrogens with one attached hydrogen (secondary N) is 2. The van der Waals surface area contributed by atoms with Gasteiger partial charge in [-0.3, -0.25) is 9.88 Å². The van der Waals surface area contributed by atoms with Crippen LogP contribution in [0, 0.1) is 6.92 Å². The molecule has 1 fully saturated rings. The summed E-state index contributed by atoms with van der Waals surface area (Å²) in [5.74, 6) is 0.709. The number of nitrogens with zero attached hydrogens (tertiary/aromatic N) is 5. The monoisotopic (exact) mass is 723 g/mol. The number of amides is 2. The van der Waals surface area contributed by atoms with E-state index < -0.39 is 24.7 Å². The zero-order chi connectivity index (χ0) is 36.5. The number of hydrogen-bond acceptors (Lipinski definition) is 9. The zero-order valence-corrected chi connectivity index (χ0v) is 30.0. The first-order valence-corrected chi connectivity index (χ1v) is 17.2. The number of aliphatic hydroxyl groups excluding tert-OH is 1. The van der Waals surface area contributed by atoms with E-state index in [4.69, 9.17) is 9.39 Å². The van der Waals surface area contributed by atoms with Crippen LogP contribution in [0.1, 0.15) is 29.3 Å². The Morgan fingerprint density at radius 2 is 1.73 bits per heavy atom. The Bertz CT molecular complexity index is 1800. The average Bonchev–Trinajstić information content (AvgIpc) is 3.12. The van der Waals surface area contributed by atoms with E-state index >= 15 is 0 Å². The Kier molecular flexibility index (Phi) is 13.0. The molecule has 3 heterocycles. The van der Waals surface area contributed by atoms with E-state index in [1.165, 1.54) is 12.3 Å². The number of ether oxygens (including phenoxy) is 1. The van der Waals surface area contributed by atoms with Gasteiger partial charge in [0.05, 0.1) is 41.0 Å². The lowest BCUT2D eigenvalue weighted by Gasteiger charge is -2.34. The molecule has 0 radical (unpaired) electrons. The van der Waals surface area contributed by atoms with E-state index in [9.17, 15) is 23.1 Å². The summed E-state index contributed by atoms with van der Waals surface area (Å²) in [5, 5.41) is 15.0. The topological polar surface area (TPSA) is 125 Å². The maximum Gasteiger partial charge on any atom is 0.416 e. The molecule has 51 heavy (non-hydrogen) atoms. The molecule has 4 aromatic rings. The number of hydrogen-bond donors (Lipinski definition) is 3.